The van der Waals surface area contributed by atoms with E-state index in [1.54, 1.807) is 0 Å². The predicted molar refractivity (Wildman–Crippen MR) is 71.1 cm³/mol. The Morgan fingerprint density at radius 3 is 2.53 bits per heavy atom. The highest BCUT2D eigenvalue weighted by molar-refractivity contribution is 5.86. The van der Waals surface area contributed by atoms with Crippen molar-refractivity contribution in [2.24, 2.45) is 0 Å². The molecule has 0 aliphatic carbocycles. The zero-order valence-electron chi connectivity index (χ0n) is 10.7. The van der Waals surface area contributed by atoms with E-state index in [4.69, 9.17) is 0 Å². The number of likely N-dealkylation sites (N-methyl/N-ethyl adjacent to an activating group) is 1. The molecule has 1 unspecified atom stereocenters. The molecule has 17 heavy (non-hydrogen) atoms. The SMILES string of the molecule is CCC(Cc1nnc(C)c2ccccc12)NC. The highest BCUT2D eigenvalue weighted by Gasteiger charge is 2.10. The van der Waals surface area contributed by atoms with Crippen LogP contribution < -0.4 is 5.32 Å². The minimum absolute atomic E-state index is 0.468. The van der Waals surface area contributed by atoms with Crippen molar-refractivity contribution < 1.29 is 0 Å². The first-order valence-corrected chi connectivity index (χ1v) is 6.14. The number of fused-ring (bicyclic) bond motifs is 1. The molecule has 0 aliphatic heterocycles. The fourth-order valence-electron chi connectivity index (χ4n) is 2.13. The average Bonchev–Trinajstić information content (AvgIpc) is 2.38. The third-order valence-corrected chi connectivity index (χ3v) is 3.29. The fraction of sp³-hybridized carbons (Fsp3) is 0.429. The van der Waals surface area contributed by atoms with Crippen LogP contribution in [0.2, 0.25) is 0 Å². The molecular formula is C14H19N3. The number of hydrogen-bond acceptors (Lipinski definition) is 3. The van der Waals surface area contributed by atoms with E-state index in [0.29, 0.717) is 6.04 Å². The van der Waals surface area contributed by atoms with Gasteiger partial charge in [0.2, 0.25) is 0 Å². The van der Waals surface area contributed by atoms with Gasteiger partial charge >= 0.3 is 0 Å². The van der Waals surface area contributed by atoms with E-state index in [-0.39, 0.29) is 0 Å². The van der Waals surface area contributed by atoms with Gasteiger partial charge in [-0.05, 0) is 20.4 Å². The molecule has 0 radical (unpaired) electrons. The first kappa shape index (κ1) is 12.0. The first-order chi connectivity index (χ1) is 8.26. The molecule has 90 valence electrons. The number of nitrogens with one attached hydrogen (secondary N) is 1. The Labute approximate surface area is 102 Å². The second kappa shape index (κ2) is 5.23. The number of aryl methyl sites for hydroxylation is 1. The predicted octanol–water partition coefficient (Wildman–Crippen LogP) is 2.48. The van der Waals surface area contributed by atoms with Gasteiger partial charge in [0.15, 0.2) is 0 Å². The molecule has 0 saturated heterocycles. The second-order valence-corrected chi connectivity index (χ2v) is 4.38. The molecule has 0 spiro atoms. The number of benzene rings is 1. The third kappa shape index (κ3) is 2.44. The lowest BCUT2D eigenvalue weighted by Gasteiger charge is -2.14. The lowest BCUT2D eigenvalue weighted by atomic mass is 10.0. The molecule has 1 aromatic carbocycles. The smallest absolute Gasteiger partial charge is 0.0725 e. The van der Waals surface area contributed by atoms with Crippen LogP contribution in [-0.2, 0) is 6.42 Å². The Morgan fingerprint density at radius 2 is 1.88 bits per heavy atom. The molecule has 0 bridgehead atoms. The normalized spacial score (nSPS) is 12.9. The van der Waals surface area contributed by atoms with Crippen molar-refractivity contribution in [3.63, 3.8) is 0 Å². The molecule has 1 aromatic heterocycles. The molecule has 3 nitrogen and oxygen atoms in total. The molecule has 0 saturated carbocycles. The van der Waals surface area contributed by atoms with Gasteiger partial charge in [-0.25, -0.2) is 0 Å². The van der Waals surface area contributed by atoms with Crippen LogP contribution >= 0.6 is 0 Å². The van der Waals surface area contributed by atoms with Gasteiger partial charge < -0.3 is 5.32 Å². The molecule has 1 heterocycles. The molecule has 1 atom stereocenters. The Bertz CT molecular complexity index is 504. The highest BCUT2D eigenvalue weighted by atomic mass is 15.1. The van der Waals surface area contributed by atoms with E-state index in [1.165, 1.54) is 10.8 Å². The summed E-state index contributed by atoms with van der Waals surface area (Å²) in [4.78, 5) is 0. The number of rotatable bonds is 4. The van der Waals surface area contributed by atoms with E-state index >= 15 is 0 Å². The summed E-state index contributed by atoms with van der Waals surface area (Å²) in [6, 6.07) is 8.83. The Morgan fingerprint density at radius 1 is 1.18 bits per heavy atom. The number of aromatic nitrogens is 2. The maximum absolute atomic E-state index is 4.35. The summed E-state index contributed by atoms with van der Waals surface area (Å²) >= 11 is 0. The summed E-state index contributed by atoms with van der Waals surface area (Å²) in [5.74, 6) is 0. The average molecular weight is 229 g/mol. The largest absolute Gasteiger partial charge is 0.317 e. The van der Waals surface area contributed by atoms with Crippen LogP contribution in [-0.4, -0.2) is 23.3 Å². The van der Waals surface area contributed by atoms with Crippen molar-refractivity contribution >= 4 is 10.8 Å². The fourth-order valence-corrected chi connectivity index (χ4v) is 2.13. The van der Waals surface area contributed by atoms with Crippen molar-refractivity contribution in [2.75, 3.05) is 7.05 Å². The molecule has 2 aromatic rings. The second-order valence-electron chi connectivity index (χ2n) is 4.38. The van der Waals surface area contributed by atoms with Gasteiger partial charge in [-0.15, -0.1) is 0 Å². The van der Waals surface area contributed by atoms with Gasteiger partial charge in [-0.1, -0.05) is 31.2 Å². The molecule has 0 aliphatic rings. The van der Waals surface area contributed by atoms with Crippen molar-refractivity contribution in [3.8, 4) is 0 Å². The summed E-state index contributed by atoms with van der Waals surface area (Å²) in [5, 5.41) is 14.4. The maximum Gasteiger partial charge on any atom is 0.0725 e. The molecular weight excluding hydrogens is 210 g/mol. The summed E-state index contributed by atoms with van der Waals surface area (Å²) in [6.45, 7) is 4.19. The molecule has 0 fully saturated rings. The van der Waals surface area contributed by atoms with E-state index in [2.05, 4.69) is 46.7 Å². The lowest BCUT2D eigenvalue weighted by molar-refractivity contribution is 0.536. The van der Waals surface area contributed by atoms with Crippen molar-refractivity contribution in [1.29, 1.82) is 0 Å². The minimum Gasteiger partial charge on any atom is -0.317 e. The van der Waals surface area contributed by atoms with E-state index < -0.39 is 0 Å². The van der Waals surface area contributed by atoms with Crippen LogP contribution in [0.15, 0.2) is 24.3 Å². The molecule has 1 N–H and O–H groups in total. The summed E-state index contributed by atoms with van der Waals surface area (Å²) in [6.07, 6.45) is 2.03. The minimum atomic E-state index is 0.468. The zero-order chi connectivity index (χ0) is 12.3. The van der Waals surface area contributed by atoms with Gasteiger partial charge in [-0.2, -0.15) is 10.2 Å². The van der Waals surface area contributed by atoms with Crippen LogP contribution in [0.1, 0.15) is 24.7 Å². The van der Waals surface area contributed by atoms with E-state index in [9.17, 15) is 0 Å². The quantitative estimate of drug-likeness (QED) is 0.875. The summed E-state index contributed by atoms with van der Waals surface area (Å²) in [5.41, 5.74) is 2.09. The first-order valence-electron chi connectivity index (χ1n) is 6.14. The third-order valence-electron chi connectivity index (χ3n) is 3.29. The summed E-state index contributed by atoms with van der Waals surface area (Å²) < 4.78 is 0. The van der Waals surface area contributed by atoms with E-state index in [1.807, 2.05) is 14.0 Å². The van der Waals surface area contributed by atoms with Crippen LogP contribution in [0.3, 0.4) is 0 Å². The van der Waals surface area contributed by atoms with Crippen molar-refractivity contribution in [3.05, 3.63) is 35.7 Å². The van der Waals surface area contributed by atoms with Crippen LogP contribution in [0.5, 0.6) is 0 Å². The van der Waals surface area contributed by atoms with Crippen LogP contribution in [0.25, 0.3) is 10.8 Å². The van der Waals surface area contributed by atoms with Gasteiger partial charge in [-0.3, -0.25) is 0 Å². The Balaban J connectivity index is 2.44. The summed E-state index contributed by atoms with van der Waals surface area (Å²) in [7, 11) is 2.00. The zero-order valence-corrected chi connectivity index (χ0v) is 10.7. The van der Waals surface area contributed by atoms with Gasteiger partial charge in [0.25, 0.3) is 0 Å². The molecule has 2 rings (SSSR count). The standard InChI is InChI=1S/C14H19N3/c1-4-11(15-3)9-14-13-8-6-5-7-12(13)10(2)16-17-14/h5-8,11,15H,4,9H2,1-3H3. The van der Waals surface area contributed by atoms with Crippen LogP contribution in [0, 0.1) is 6.92 Å². The Hall–Kier alpha value is -1.48. The van der Waals surface area contributed by atoms with Crippen molar-refractivity contribution in [2.45, 2.75) is 32.7 Å². The highest BCUT2D eigenvalue weighted by Crippen LogP contribution is 2.19. The molecule has 0 amide bonds. The van der Waals surface area contributed by atoms with Gasteiger partial charge in [0.05, 0.1) is 11.4 Å². The topological polar surface area (TPSA) is 37.8 Å². The van der Waals surface area contributed by atoms with Gasteiger partial charge in [0.1, 0.15) is 0 Å². The maximum atomic E-state index is 4.35. The number of hydrogen-bond donors (Lipinski definition) is 1. The monoisotopic (exact) mass is 229 g/mol. The number of nitrogens with zero attached hydrogens (tertiary/aromatic N) is 2. The Kier molecular flexibility index (Phi) is 3.69. The van der Waals surface area contributed by atoms with Crippen molar-refractivity contribution in [1.82, 2.24) is 15.5 Å². The molecule has 3 heteroatoms. The van der Waals surface area contributed by atoms with Crippen LogP contribution in [0.4, 0.5) is 0 Å². The van der Waals surface area contributed by atoms with Gasteiger partial charge in [0, 0.05) is 23.2 Å². The lowest BCUT2D eigenvalue weighted by Crippen LogP contribution is -2.27. The van der Waals surface area contributed by atoms with E-state index in [0.717, 1.165) is 24.2 Å².